The van der Waals surface area contributed by atoms with Gasteiger partial charge in [0.15, 0.2) is 0 Å². The molecule has 0 bridgehead atoms. The molecule has 0 aliphatic carbocycles. The molecular weight excluding hydrogens is 312 g/mol. The van der Waals surface area contributed by atoms with Crippen molar-refractivity contribution < 1.29 is 14.3 Å². The van der Waals surface area contributed by atoms with Crippen LogP contribution in [0.2, 0.25) is 0 Å². The highest BCUT2D eigenvalue weighted by Crippen LogP contribution is 2.35. The largest absolute Gasteiger partial charge is 0.462 e. The molecule has 3 heteroatoms. The molecule has 3 nitrogen and oxygen atoms in total. The predicted molar refractivity (Wildman–Crippen MR) is 99.1 cm³/mol. The van der Waals surface area contributed by atoms with E-state index in [4.69, 9.17) is 9.47 Å². The van der Waals surface area contributed by atoms with Crippen LogP contribution in [0.4, 0.5) is 0 Å². The fourth-order valence-corrected chi connectivity index (χ4v) is 2.71. The minimum absolute atomic E-state index is 0.311. The molecule has 0 amide bonds. The van der Waals surface area contributed by atoms with Crippen LogP contribution in [0.3, 0.4) is 0 Å². The molecule has 3 rings (SSSR count). The van der Waals surface area contributed by atoms with Gasteiger partial charge in [-0.15, -0.1) is 0 Å². The molecule has 0 aromatic heterocycles. The number of hydrogen-bond acceptors (Lipinski definition) is 3. The van der Waals surface area contributed by atoms with Crippen LogP contribution in [0.15, 0.2) is 72.8 Å². The van der Waals surface area contributed by atoms with Crippen molar-refractivity contribution in [3.05, 3.63) is 83.9 Å². The lowest BCUT2D eigenvalue weighted by Crippen LogP contribution is -2.09. The molecule has 0 aliphatic rings. The van der Waals surface area contributed by atoms with Crippen LogP contribution in [-0.2, 0) is 4.74 Å². The van der Waals surface area contributed by atoms with E-state index in [0.717, 1.165) is 16.7 Å². The van der Waals surface area contributed by atoms with E-state index < -0.39 is 0 Å². The second-order valence-corrected chi connectivity index (χ2v) is 5.69. The van der Waals surface area contributed by atoms with Gasteiger partial charge in [-0.1, -0.05) is 54.6 Å². The lowest BCUT2D eigenvalue weighted by atomic mass is 9.96. The van der Waals surface area contributed by atoms with E-state index in [2.05, 4.69) is 0 Å². The Balaban J connectivity index is 2.16. The van der Waals surface area contributed by atoms with Gasteiger partial charge in [0, 0.05) is 5.56 Å². The molecule has 0 radical (unpaired) electrons. The molecule has 0 saturated carbocycles. The monoisotopic (exact) mass is 332 g/mol. The van der Waals surface area contributed by atoms with E-state index in [9.17, 15) is 4.79 Å². The molecular formula is C22H20O3. The molecule has 0 heterocycles. The number of carbonyl (C=O) groups excluding carboxylic acids is 1. The van der Waals surface area contributed by atoms with E-state index in [1.165, 1.54) is 0 Å². The minimum atomic E-state index is -0.382. The summed E-state index contributed by atoms with van der Waals surface area (Å²) in [5, 5.41) is 0. The van der Waals surface area contributed by atoms with Crippen LogP contribution in [0, 0.1) is 6.92 Å². The van der Waals surface area contributed by atoms with Crippen LogP contribution in [0.5, 0.6) is 11.5 Å². The molecule has 3 aromatic rings. The van der Waals surface area contributed by atoms with Gasteiger partial charge in [0.05, 0.1) is 6.61 Å². The summed E-state index contributed by atoms with van der Waals surface area (Å²) in [5.41, 5.74) is 3.22. The maximum atomic E-state index is 12.7. The number of aryl methyl sites for hydroxylation is 1. The molecule has 126 valence electrons. The highest BCUT2D eigenvalue weighted by Gasteiger charge is 2.21. The Labute approximate surface area is 147 Å². The third-order valence-electron chi connectivity index (χ3n) is 3.78. The summed E-state index contributed by atoms with van der Waals surface area (Å²) in [4.78, 5) is 12.7. The average molecular weight is 332 g/mol. The Morgan fingerprint density at radius 1 is 0.920 bits per heavy atom. The van der Waals surface area contributed by atoms with Crippen LogP contribution in [0.25, 0.3) is 11.1 Å². The molecule has 0 aliphatic heterocycles. The minimum Gasteiger partial charge on any atom is -0.462 e. The molecule has 3 aromatic carbocycles. The lowest BCUT2D eigenvalue weighted by Gasteiger charge is -2.16. The van der Waals surface area contributed by atoms with Crippen molar-refractivity contribution in [3.63, 3.8) is 0 Å². The first-order valence-corrected chi connectivity index (χ1v) is 8.29. The van der Waals surface area contributed by atoms with E-state index in [1.807, 2.05) is 79.7 Å². The van der Waals surface area contributed by atoms with Crippen molar-refractivity contribution in [1.82, 2.24) is 0 Å². The van der Waals surface area contributed by atoms with Crippen molar-refractivity contribution in [1.29, 1.82) is 0 Å². The fourth-order valence-electron chi connectivity index (χ4n) is 2.71. The molecule has 0 unspecified atom stereocenters. The highest BCUT2D eigenvalue weighted by atomic mass is 16.5. The first kappa shape index (κ1) is 16.8. The van der Waals surface area contributed by atoms with Crippen LogP contribution >= 0.6 is 0 Å². The van der Waals surface area contributed by atoms with Gasteiger partial charge in [0.2, 0.25) is 0 Å². The molecule has 0 atom stereocenters. The van der Waals surface area contributed by atoms with Crippen molar-refractivity contribution in [2.45, 2.75) is 13.8 Å². The number of rotatable bonds is 5. The summed E-state index contributed by atoms with van der Waals surface area (Å²) in [7, 11) is 0. The number of ether oxygens (including phenoxy) is 2. The number of hydrogen-bond donors (Lipinski definition) is 0. The second kappa shape index (κ2) is 7.67. The number of benzene rings is 3. The smallest absolute Gasteiger partial charge is 0.342 e. The Hall–Kier alpha value is -3.07. The molecule has 0 spiro atoms. The first-order chi connectivity index (χ1) is 12.2. The topological polar surface area (TPSA) is 35.5 Å². The standard InChI is InChI=1S/C22H20O3/c1-3-24-22(23)21-19(17-10-6-4-7-11-17)14-16(2)15-20(21)25-18-12-8-5-9-13-18/h4-15H,3H2,1-2H3. The maximum absolute atomic E-state index is 12.7. The first-order valence-electron chi connectivity index (χ1n) is 8.29. The Morgan fingerprint density at radius 3 is 2.20 bits per heavy atom. The third-order valence-corrected chi connectivity index (χ3v) is 3.78. The van der Waals surface area contributed by atoms with Crippen molar-refractivity contribution in [3.8, 4) is 22.6 Å². The van der Waals surface area contributed by atoms with Crippen LogP contribution in [-0.4, -0.2) is 12.6 Å². The van der Waals surface area contributed by atoms with Gasteiger partial charge < -0.3 is 9.47 Å². The van der Waals surface area contributed by atoms with Crippen molar-refractivity contribution in [2.75, 3.05) is 6.61 Å². The lowest BCUT2D eigenvalue weighted by molar-refractivity contribution is 0.0524. The number of para-hydroxylation sites is 1. The summed E-state index contributed by atoms with van der Waals surface area (Å²) in [5.74, 6) is 0.799. The van der Waals surface area contributed by atoms with Gasteiger partial charge in [-0.05, 0) is 43.2 Å². The summed E-state index contributed by atoms with van der Waals surface area (Å²) < 4.78 is 11.3. The normalized spacial score (nSPS) is 10.3. The average Bonchev–Trinajstić information content (AvgIpc) is 2.63. The van der Waals surface area contributed by atoms with Crippen LogP contribution < -0.4 is 4.74 Å². The molecule has 0 fully saturated rings. The third kappa shape index (κ3) is 3.89. The summed E-state index contributed by atoms with van der Waals surface area (Å²) in [6, 6.07) is 23.1. The van der Waals surface area contributed by atoms with Gasteiger partial charge in [0.1, 0.15) is 17.1 Å². The zero-order chi connectivity index (χ0) is 17.6. The summed E-state index contributed by atoms with van der Waals surface area (Å²) in [6.45, 7) is 4.09. The van der Waals surface area contributed by atoms with E-state index in [-0.39, 0.29) is 5.97 Å². The molecule has 0 N–H and O–H groups in total. The highest BCUT2D eigenvalue weighted by molar-refractivity contribution is 6.00. The zero-order valence-electron chi connectivity index (χ0n) is 14.4. The van der Waals surface area contributed by atoms with Gasteiger partial charge in [-0.2, -0.15) is 0 Å². The predicted octanol–water partition coefficient (Wildman–Crippen LogP) is 5.63. The van der Waals surface area contributed by atoms with Gasteiger partial charge >= 0.3 is 5.97 Å². The molecule has 25 heavy (non-hydrogen) atoms. The van der Waals surface area contributed by atoms with Gasteiger partial charge in [0.25, 0.3) is 0 Å². The van der Waals surface area contributed by atoms with E-state index in [0.29, 0.717) is 23.7 Å². The fraction of sp³-hybridized carbons (Fsp3) is 0.136. The maximum Gasteiger partial charge on any atom is 0.342 e. The quantitative estimate of drug-likeness (QED) is 0.568. The van der Waals surface area contributed by atoms with Crippen molar-refractivity contribution in [2.24, 2.45) is 0 Å². The van der Waals surface area contributed by atoms with E-state index in [1.54, 1.807) is 6.92 Å². The number of esters is 1. The van der Waals surface area contributed by atoms with E-state index >= 15 is 0 Å². The Bertz CT molecular complexity index is 855. The summed E-state index contributed by atoms with van der Waals surface area (Å²) >= 11 is 0. The van der Waals surface area contributed by atoms with Gasteiger partial charge in [-0.25, -0.2) is 4.79 Å². The SMILES string of the molecule is CCOC(=O)c1c(Oc2ccccc2)cc(C)cc1-c1ccccc1. The summed E-state index contributed by atoms with van der Waals surface area (Å²) in [6.07, 6.45) is 0. The Morgan fingerprint density at radius 2 is 1.56 bits per heavy atom. The second-order valence-electron chi connectivity index (χ2n) is 5.69. The van der Waals surface area contributed by atoms with Crippen LogP contribution in [0.1, 0.15) is 22.8 Å². The zero-order valence-corrected chi connectivity index (χ0v) is 14.4. The van der Waals surface area contributed by atoms with Crippen molar-refractivity contribution >= 4 is 5.97 Å². The Kier molecular flexibility index (Phi) is 5.14. The number of carbonyl (C=O) groups is 1. The van der Waals surface area contributed by atoms with Gasteiger partial charge in [-0.3, -0.25) is 0 Å². The molecule has 0 saturated heterocycles.